The molecule has 1 aliphatic rings. The summed E-state index contributed by atoms with van der Waals surface area (Å²) in [4.78, 5) is 4.14. The fraction of sp³-hybridized carbons (Fsp3) is 0.545. The third-order valence-electron chi connectivity index (χ3n) is 2.76. The topological polar surface area (TPSA) is 48.1 Å². The SMILES string of the molecule is Nc1cnc(OCC2CCCC2)c(Br)c1. The molecule has 0 aromatic carbocycles. The first kappa shape index (κ1) is 10.7. The van der Waals surface area contributed by atoms with E-state index in [1.807, 2.05) is 6.07 Å². The predicted octanol–water partition coefficient (Wildman–Crippen LogP) is 3.00. The van der Waals surface area contributed by atoms with Crippen LogP contribution in [0.25, 0.3) is 0 Å². The van der Waals surface area contributed by atoms with Crippen LogP contribution in [0.3, 0.4) is 0 Å². The highest BCUT2D eigenvalue weighted by molar-refractivity contribution is 9.10. The second-order valence-corrected chi connectivity index (χ2v) is 4.87. The minimum absolute atomic E-state index is 0.648. The lowest BCUT2D eigenvalue weighted by Gasteiger charge is -2.11. The zero-order valence-electron chi connectivity index (χ0n) is 8.58. The van der Waals surface area contributed by atoms with Gasteiger partial charge >= 0.3 is 0 Å². The molecular formula is C11H15BrN2O. The maximum atomic E-state index is 5.66. The van der Waals surface area contributed by atoms with Crippen molar-refractivity contribution in [3.05, 3.63) is 16.7 Å². The number of pyridine rings is 1. The van der Waals surface area contributed by atoms with E-state index < -0.39 is 0 Å². The van der Waals surface area contributed by atoms with Gasteiger partial charge in [0.2, 0.25) is 5.88 Å². The van der Waals surface area contributed by atoms with Gasteiger partial charge in [0.15, 0.2) is 0 Å². The van der Waals surface area contributed by atoms with Crippen LogP contribution in [0, 0.1) is 5.92 Å². The Kier molecular flexibility index (Phi) is 3.46. The Morgan fingerprint density at radius 2 is 2.20 bits per heavy atom. The van der Waals surface area contributed by atoms with E-state index in [9.17, 15) is 0 Å². The Hall–Kier alpha value is -0.770. The van der Waals surface area contributed by atoms with Crippen molar-refractivity contribution in [2.45, 2.75) is 25.7 Å². The number of halogens is 1. The number of nitrogens with zero attached hydrogens (tertiary/aromatic N) is 1. The van der Waals surface area contributed by atoms with Gasteiger partial charge in [-0.25, -0.2) is 4.98 Å². The number of hydrogen-bond acceptors (Lipinski definition) is 3. The molecule has 2 rings (SSSR count). The van der Waals surface area contributed by atoms with Gasteiger partial charge in [-0.05, 0) is 40.8 Å². The van der Waals surface area contributed by atoms with E-state index >= 15 is 0 Å². The van der Waals surface area contributed by atoms with Gasteiger partial charge in [-0.1, -0.05) is 12.8 Å². The van der Waals surface area contributed by atoms with Gasteiger partial charge in [0, 0.05) is 0 Å². The average Bonchev–Trinajstić information content (AvgIpc) is 2.69. The molecule has 0 spiro atoms. The predicted molar refractivity (Wildman–Crippen MR) is 63.8 cm³/mol. The number of rotatable bonds is 3. The van der Waals surface area contributed by atoms with Crippen LogP contribution in [0.5, 0.6) is 5.88 Å². The molecule has 0 amide bonds. The zero-order valence-corrected chi connectivity index (χ0v) is 10.2. The summed E-state index contributed by atoms with van der Waals surface area (Å²) in [6.45, 7) is 0.773. The summed E-state index contributed by atoms with van der Waals surface area (Å²) in [5, 5.41) is 0. The highest BCUT2D eigenvalue weighted by atomic mass is 79.9. The van der Waals surface area contributed by atoms with Crippen LogP contribution in [0.2, 0.25) is 0 Å². The summed E-state index contributed by atoms with van der Waals surface area (Å²) >= 11 is 3.39. The lowest BCUT2D eigenvalue weighted by molar-refractivity contribution is 0.242. The molecule has 0 bridgehead atoms. The van der Waals surface area contributed by atoms with Crippen LogP contribution in [0.4, 0.5) is 5.69 Å². The molecule has 82 valence electrons. The van der Waals surface area contributed by atoms with Gasteiger partial charge in [-0.3, -0.25) is 0 Å². The minimum Gasteiger partial charge on any atom is -0.477 e. The normalized spacial score (nSPS) is 16.9. The van der Waals surface area contributed by atoms with Crippen LogP contribution in [-0.2, 0) is 0 Å². The second kappa shape index (κ2) is 4.84. The van der Waals surface area contributed by atoms with Crippen LogP contribution in [0.1, 0.15) is 25.7 Å². The van der Waals surface area contributed by atoms with Gasteiger partial charge in [-0.2, -0.15) is 0 Å². The summed E-state index contributed by atoms with van der Waals surface area (Å²) in [5.74, 6) is 1.35. The number of hydrogen-bond donors (Lipinski definition) is 1. The van der Waals surface area contributed by atoms with Crippen LogP contribution in [0.15, 0.2) is 16.7 Å². The van der Waals surface area contributed by atoms with Crippen molar-refractivity contribution in [2.24, 2.45) is 5.92 Å². The Balaban J connectivity index is 1.92. The van der Waals surface area contributed by atoms with E-state index in [1.54, 1.807) is 6.20 Å². The smallest absolute Gasteiger partial charge is 0.228 e. The van der Waals surface area contributed by atoms with Gasteiger partial charge in [0.25, 0.3) is 0 Å². The molecule has 0 atom stereocenters. The fourth-order valence-electron chi connectivity index (χ4n) is 1.92. The van der Waals surface area contributed by atoms with Crippen molar-refractivity contribution in [3.8, 4) is 5.88 Å². The van der Waals surface area contributed by atoms with Crippen LogP contribution in [-0.4, -0.2) is 11.6 Å². The first-order chi connectivity index (χ1) is 7.25. The van der Waals surface area contributed by atoms with Crippen molar-refractivity contribution in [1.82, 2.24) is 4.98 Å². The first-order valence-electron chi connectivity index (χ1n) is 5.29. The number of nitrogen functional groups attached to an aromatic ring is 1. The summed E-state index contributed by atoms with van der Waals surface area (Å²) in [7, 11) is 0. The molecule has 0 aliphatic heterocycles. The molecule has 1 fully saturated rings. The third-order valence-corrected chi connectivity index (χ3v) is 3.33. The van der Waals surface area contributed by atoms with Crippen LogP contribution >= 0.6 is 15.9 Å². The summed E-state index contributed by atoms with van der Waals surface area (Å²) in [5.41, 5.74) is 6.25. The quantitative estimate of drug-likeness (QED) is 0.919. The summed E-state index contributed by atoms with van der Waals surface area (Å²) in [6, 6.07) is 1.82. The summed E-state index contributed by atoms with van der Waals surface area (Å²) in [6.07, 6.45) is 6.86. The molecule has 0 unspecified atom stereocenters. The van der Waals surface area contributed by atoms with Crippen molar-refractivity contribution in [1.29, 1.82) is 0 Å². The van der Waals surface area contributed by atoms with Crippen molar-refractivity contribution >= 4 is 21.6 Å². The highest BCUT2D eigenvalue weighted by Crippen LogP contribution is 2.28. The van der Waals surface area contributed by atoms with E-state index in [1.165, 1.54) is 25.7 Å². The van der Waals surface area contributed by atoms with Crippen molar-refractivity contribution in [3.63, 3.8) is 0 Å². The van der Waals surface area contributed by atoms with Crippen molar-refractivity contribution in [2.75, 3.05) is 12.3 Å². The van der Waals surface area contributed by atoms with E-state index in [-0.39, 0.29) is 0 Å². The molecule has 0 saturated heterocycles. The Morgan fingerprint density at radius 3 is 2.87 bits per heavy atom. The van der Waals surface area contributed by atoms with Crippen LogP contribution < -0.4 is 10.5 Å². The fourth-order valence-corrected chi connectivity index (χ4v) is 2.40. The Bertz CT molecular complexity index is 337. The molecule has 15 heavy (non-hydrogen) atoms. The maximum absolute atomic E-state index is 5.66. The maximum Gasteiger partial charge on any atom is 0.228 e. The molecule has 2 N–H and O–H groups in total. The minimum atomic E-state index is 0.648. The van der Waals surface area contributed by atoms with Gasteiger partial charge in [0.05, 0.1) is 23.0 Å². The van der Waals surface area contributed by atoms with Gasteiger partial charge in [0.1, 0.15) is 0 Å². The lowest BCUT2D eigenvalue weighted by atomic mass is 10.1. The molecule has 1 aromatic rings. The molecular weight excluding hydrogens is 256 g/mol. The zero-order chi connectivity index (χ0) is 10.7. The molecule has 4 heteroatoms. The monoisotopic (exact) mass is 270 g/mol. The number of ether oxygens (including phenoxy) is 1. The Morgan fingerprint density at radius 1 is 1.47 bits per heavy atom. The summed E-state index contributed by atoms with van der Waals surface area (Å²) < 4.78 is 6.50. The molecule has 3 nitrogen and oxygen atoms in total. The molecule has 1 heterocycles. The van der Waals surface area contributed by atoms with Gasteiger partial charge < -0.3 is 10.5 Å². The second-order valence-electron chi connectivity index (χ2n) is 4.02. The molecule has 1 saturated carbocycles. The lowest BCUT2D eigenvalue weighted by Crippen LogP contribution is -2.09. The van der Waals surface area contributed by atoms with E-state index in [0.717, 1.165) is 11.1 Å². The largest absolute Gasteiger partial charge is 0.477 e. The third kappa shape index (κ3) is 2.84. The van der Waals surface area contributed by atoms with E-state index in [4.69, 9.17) is 10.5 Å². The van der Waals surface area contributed by atoms with Gasteiger partial charge in [-0.15, -0.1) is 0 Å². The standard InChI is InChI=1S/C11H15BrN2O/c12-10-5-9(13)6-14-11(10)15-7-8-3-1-2-4-8/h5-6,8H,1-4,7,13H2. The van der Waals surface area contributed by atoms with Crippen molar-refractivity contribution < 1.29 is 4.74 Å². The number of anilines is 1. The van der Waals surface area contributed by atoms with E-state index in [0.29, 0.717) is 17.5 Å². The first-order valence-corrected chi connectivity index (χ1v) is 6.09. The number of nitrogens with two attached hydrogens (primary N) is 1. The molecule has 0 radical (unpaired) electrons. The average molecular weight is 271 g/mol. The molecule has 1 aromatic heterocycles. The van der Waals surface area contributed by atoms with E-state index in [2.05, 4.69) is 20.9 Å². The highest BCUT2D eigenvalue weighted by Gasteiger charge is 2.16. The number of aromatic nitrogens is 1. The Labute approximate surface area is 98.2 Å². The molecule has 1 aliphatic carbocycles.